The number of halogens is 1. The number of hydrogen-bond donors (Lipinski definition) is 1. The first-order chi connectivity index (χ1) is 9.31. The van der Waals surface area contributed by atoms with E-state index in [1.54, 1.807) is 6.07 Å². The Kier molecular flexibility index (Phi) is 6.45. The van der Waals surface area contributed by atoms with Crippen LogP contribution in [0.5, 0.6) is 0 Å². The van der Waals surface area contributed by atoms with Crippen LogP contribution in [0.1, 0.15) is 12.0 Å². The molecular formula is C13H19ClN2O3S. The zero-order valence-corrected chi connectivity index (χ0v) is 13.2. The van der Waals surface area contributed by atoms with Gasteiger partial charge in [0.1, 0.15) is 0 Å². The van der Waals surface area contributed by atoms with Gasteiger partial charge in [0.25, 0.3) is 0 Å². The Hall–Kier alpha value is -1.11. The fourth-order valence-electron chi connectivity index (χ4n) is 1.53. The van der Waals surface area contributed by atoms with Gasteiger partial charge in [-0.3, -0.25) is 4.79 Å². The molecule has 0 atom stereocenters. The average Bonchev–Trinajstić information content (AvgIpc) is 2.36. The van der Waals surface area contributed by atoms with Gasteiger partial charge in [0.15, 0.2) is 0 Å². The smallest absolute Gasteiger partial charge is 0.221 e. The van der Waals surface area contributed by atoms with Crippen LogP contribution in [0.3, 0.4) is 0 Å². The first-order valence-corrected chi connectivity index (χ1v) is 8.21. The number of carbonyl (C=O) groups is 1. The van der Waals surface area contributed by atoms with Crippen LogP contribution in [0.15, 0.2) is 24.3 Å². The van der Waals surface area contributed by atoms with Gasteiger partial charge in [-0.1, -0.05) is 23.7 Å². The van der Waals surface area contributed by atoms with E-state index in [9.17, 15) is 13.2 Å². The van der Waals surface area contributed by atoms with E-state index in [2.05, 4.69) is 5.32 Å². The molecule has 0 radical (unpaired) electrons. The number of carbonyl (C=O) groups excluding carboxylic acids is 1. The third-order valence-electron chi connectivity index (χ3n) is 2.77. The van der Waals surface area contributed by atoms with Crippen molar-refractivity contribution in [3.63, 3.8) is 0 Å². The maximum Gasteiger partial charge on any atom is 0.221 e. The van der Waals surface area contributed by atoms with Crippen LogP contribution in [0.2, 0.25) is 5.02 Å². The van der Waals surface area contributed by atoms with E-state index in [0.29, 0.717) is 18.0 Å². The van der Waals surface area contributed by atoms with E-state index >= 15 is 0 Å². The second-order valence-corrected chi connectivity index (χ2v) is 7.32. The van der Waals surface area contributed by atoms with Gasteiger partial charge in [-0.15, -0.1) is 0 Å². The molecule has 1 N–H and O–H groups in total. The summed E-state index contributed by atoms with van der Waals surface area (Å²) in [4.78, 5) is 11.5. The number of nitrogens with zero attached hydrogens (tertiary/aromatic N) is 1. The molecule has 0 aliphatic rings. The van der Waals surface area contributed by atoms with Crippen molar-refractivity contribution < 1.29 is 13.2 Å². The molecule has 0 bridgehead atoms. The molecule has 0 spiro atoms. The highest BCUT2D eigenvalue weighted by Crippen LogP contribution is 2.10. The molecule has 112 valence electrons. The summed E-state index contributed by atoms with van der Waals surface area (Å²) in [6.45, 7) is 0.460. The summed E-state index contributed by atoms with van der Waals surface area (Å²) in [5.41, 5.74) is 1.03. The number of nitrogens with one attached hydrogen (secondary N) is 1. The lowest BCUT2D eigenvalue weighted by atomic mass is 10.1. The molecule has 0 saturated heterocycles. The van der Waals surface area contributed by atoms with Gasteiger partial charge in [-0.25, -0.2) is 12.7 Å². The Morgan fingerprint density at radius 3 is 2.65 bits per heavy atom. The minimum atomic E-state index is -3.32. The van der Waals surface area contributed by atoms with Crippen molar-refractivity contribution in [2.24, 2.45) is 0 Å². The van der Waals surface area contributed by atoms with Crippen molar-refractivity contribution in [1.29, 1.82) is 0 Å². The summed E-state index contributed by atoms with van der Waals surface area (Å²) < 4.78 is 24.1. The first kappa shape index (κ1) is 16.9. The molecule has 1 rings (SSSR count). The fourth-order valence-corrected chi connectivity index (χ4v) is 2.55. The lowest BCUT2D eigenvalue weighted by Gasteiger charge is -2.11. The summed E-state index contributed by atoms with van der Waals surface area (Å²) in [7, 11) is -0.419. The van der Waals surface area contributed by atoms with E-state index < -0.39 is 10.0 Å². The van der Waals surface area contributed by atoms with Crippen molar-refractivity contribution in [2.75, 3.05) is 26.4 Å². The van der Waals surface area contributed by atoms with E-state index in [4.69, 9.17) is 11.6 Å². The lowest BCUT2D eigenvalue weighted by Crippen LogP contribution is -2.31. The summed E-state index contributed by atoms with van der Waals surface area (Å²) in [5, 5.41) is 3.36. The fraction of sp³-hybridized carbons (Fsp3) is 0.462. The second-order valence-electron chi connectivity index (χ2n) is 4.58. The van der Waals surface area contributed by atoms with Crippen molar-refractivity contribution in [2.45, 2.75) is 12.8 Å². The SMILES string of the molecule is CN(C)S(=O)(=O)CCC(=O)NCCc1cccc(Cl)c1. The van der Waals surface area contributed by atoms with Crippen LogP contribution in [0.4, 0.5) is 0 Å². The molecule has 0 saturated carbocycles. The monoisotopic (exact) mass is 318 g/mol. The van der Waals surface area contributed by atoms with E-state index in [1.807, 2.05) is 18.2 Å². The highest BCUT2D eigenvalue weighted by Gasteiger charge is 2.15. The maximum absolute atomic E-state index is 11.5. The molecular weight excluding hydrogens is 300 g/mol. The van der Waals surface area contributed by atoms with Gasteiger partial charge in [-0.05, 0) is 24.1 Å². The molecule has 7 heteroatoms. The van der Waals surface area contributed by atoms with Gasteiger partial charge < -0.3 is 5.32 Å². The predicted molar refractivity (Wildman–Crippen MR) is 80.3 cm³/mol. The van der Waals surface area contributed by atoms with Gasteiger partial charge >= 0.3 is 0 Å². The lowest BCUT2D eigenvalue weighted by molar-refractivity contribution is -0.120. The first-order valence-electron chi connectivity index (χ1n) is 6.22. The van der Waals surface area contributed by atoms with Crippen molar-refractivity contribution in [3.05, 3.63) is 34.9 Å². The minimum Gasteiger partial charge on any atom is -0.356 e. The zero-order chi connectivity index (χ0) is 15.2. The Labute approximate surface area is 125 Å². The third-order valence-corrected chi connectivity index (χ3v) is 4.84. The topological polar surface area (TPSA) is 66.5 Å². The second kappa shape index (κ2) is 7.61. The number of hydrogen-bond acceptors (Lipinski definition) is 3. The van der Waals surface area contributed by atoms with Crippen molar-refractivity contribution >= 4 is 27.5 Å². The minimum absolute atomic E-state index is 0.0317. The molecule has 0 unspecified atom stereocenters. The molecule has 0 aromatic heterocycles. The Bertz CT molecular complexity index is 558. The maximum atomic E-state index is 11.5. The zero-order valence-electron chi connectivity index (χ0n) is 11.6. The van der Waals surface area contributed by atoms with Gasteiger partial charge in [0, 0.05) is 32.1 Å². The predicted octanol–water partition coefficient (Wildman–Crippen LogP) is 1.28. The van der Waals surface area contributed by atoms with Gasteiger partial charge in [0.05, 0.1) is 5.75 Å². The van der Waals surface area contributed by atoms with Crippen LogP contribution in [0.25, 0.3) is 0 Å². The Balaban J connectivity index is 2.31. The molecule has 0 heterocycles. The normalized spacial score (nSPS) is 11.6. The molecule has 0 fully saturated rings. The van der Waals surface area contributed by atoms with Crippen molar-refractivity contribution in [1.82, 2.24) is 9.62 Å². The molecule has 0 aliphatic carbocycles. The van der Waals surface area contributed by atoms with Gasteiger partial charge in [-0.2, -0.15) is 0 Å². The summed E-state index contributed by atoms with van der Waals surface area (Å²) in [6, 6.07) is 7.40. The van der Waals surface area contributed by atoms with E-state index in [0.717, 1.165) is 9.87 Å². The van der Waals surface area contributed by atoms with Gasteiger partial charge in [0.2, 0.25) is 15.9 Å². The Morgan fingerprint density at radius 1 is 1.35 bits per heavy atom. The largest absolute Gasteiger partial charge is 0.356 e. The molecule has 20 heavy (non-hydrogen) atoms. The number of rotatable bonds is 7. The molecule has 1 aromatic carbocycles. The quantitative estimate of drug-likeness (QED) is 0.823. The standard InChI is InChI=1S/C13H19ClN2O3S/c1-16(2)20(18,19)9-7-13(17)15-8-6-11-4-3-5-12(14)10-11/h3-5,10H,6-9H2,1-2H3,(H,15,17). The molecule has 0 aliphatic heterocycles. The molecule has 1 aromatic rings. The highest BCUT2D eigenvalue weighted by atomic mass is 35.5. The third kappa shape index (κ3) is 5.90. The Morgan fingerprint density at radius 2 is 2.05 bits per heavy atom. The summed E-state index contributed by atoms with van der Waals surface area (Å²) in [6.07, 6.45) is 0.628. The van der Waals surface area contributed by atoms with Crippen LogP contribution >= 0.6 is 11.6 Å². The average molecular weight is 319 g/mol. The van der Waals surface area contributed by atoms with E-state index in [1.165, 1.54) is 14.1 Å². The summed E-state index contributed by atoms with van der Waals surface area (Å²) >= 11 is 5.86. The number of benzene rings is 1. The molecule has 5 nitrogen and oxygen atoms in total. The van der Waals surface area contributed by atoms with Crippen LogP contribution in [0, 0.1) is 0 Å². The molecule has 1 amide bonds. The van der Waals surface area contributed by atoms with Crippen LogP contribution in [-0.2, 0) is 21.2 Å². The van der Waals surface area contributed by atoms with Crippen molar-refractivity contribution in [3.8, 4) is 0 Å². The number of amides is 1. The van der Waals surface area contributed by atoms with Crippen LogP contribution in [-0.4, -0.2) is 45.0 Å². The van der Waals surface area contributed by atoms with E-state index in [-0.39, 0.29) is 18.1 Å². The highest BCUT2D eigenvalue weighted by molar-refractivity contribution is 7.89. The summed E-state index contributed by atoms with van der Waals surface area (Å²) in [5.74, 6) is -0.444. The van der Waals surface area contributed by atoms with Crippen LogP contribution < -0.4 is 5.32 Å². The number of sulfonamides is 1.